The summed E-state index contributed by atoms with van der Waals surface area (Å²) in [4.78, 5) is 23.4. The maximum atomic E-state index is 11.9. The zero-order valence-corrected chi connectivity index (χ0v) is 11.8. The third kappa shape index (κ3) is 2.61. The molecular formula is C13H11N5O2S. The van der Waals surface area contributed by atoms with E-state index in [1.165, 1.54) is 23.5 Å². The number of H-pyrrole nitrogens is 1. The summed E-state index contributed by atoms with van der Waals surface area (Å²) in [7, 11) is 1.88. The minimum atomic E-state index is -0.483. The highest BCUT2D eigenvalue weighted by atomic mass is 32.1. The van der Waals surface area contributed by atoms with Crippen molar-refractivity contribution in [1.29, 1.82) is 0 Å². The number of fused-ring (bicyclic) bond motifs is 1. The van der Waals surface area contributed by atoms with Gasteiger partial charge in [-0.25, -0.2) is 10.5 Å². The van der Waals surface area contributed by atoms with Gasteiger partial charge in [0.15, 0.2) is 5.69 Å². The van der Waals surface area contributed by atoms with Gasteiger partial charge < -0.3 is 4.57 Å². The Morgan fingerprint density at radius 3 is 2.86 bits per heavy atom. The number of amides is 1. The van der Waals surface area contributed by atoms with Crippen molar-refractivity contribution in [3.05, 3.63) is 57.2 Å². The van der Waals surface area contributed by atoms with E-state index in [0.29, 0.717) is 4.80 Å². The van der Waals surface area contributed by atoms with E-state index in [-0.39, 0.29) is 11.3 Å². The summed E-state index contributed by atoms with van der Waals surface area (Å²) >= 11 is 1.47. The van der Waals surface area contributed by atoms with Crippen molar-refractivity contribution < 1.29 is 4.79 Å². The number of carbonyl (C=O) groups excluding carboxylic acids is 1. The molecule has 8 heteroatoms. The molecule has 0 bridgehead atoms. The first-order chi connectivity index (χ1) is 10.1. The van der Waals surface area contributed by atoms with Crippen LogP contribution >= 0.6 is 11.3 Å². The smallest absolute Gasteiger partial charge is 0.291 e. The molecular weight excluding hydrogens is 290 g/mol. The van der Waals surface area contributed by atoms with Crippen molar-refractivity contribution in [3.63, 3.8) is 0 Å². The van der Waals surface area contributed by atoms with Gasteiger partial charge in [0.2, 0.25) is 4.80 Å². The number of aromatic amines is 1. The van der Waals surface area contributed by atoms with Gasteiger partial charge in [-0.2, -0.15) is 5.10 Å². The highest BCUT2D eigenvalue weighted by molar-refractivity contribution is 7.16. The van der Waals surface area contributed by atoms with E-state index in [1.54, 1.807) is 0 Å². The van der Waals surface area contributed by atoms with Gasteiger partial charge in [0.25, 0.3) is 11.5 Å². The Labute approximate surface area is 122 Å². The van der Waals surface area contributed by atoms with Crippen LogP contribution in [0.1, 0.15) is 10.5 Å². The normalized spacial score (nSPS) is 11.8. The molecule has 2 heterocycles. The van der Waals surface area contributed by atoms with E-state index in [0.717, 1.165) is 10.2 Å². The molecule has 21 heavy (non-hydrogen) atoms. The Bertz CT molecular complexity index is 917. The van der Waals surface area contributed by atoms with Crippen molar-refractivity contribution >= 4 is 27.5 Å². The third-order valence-electron chi connectivity index (χ3n) is 2.88. The lowest BCUT2D eigenvalue weighted by molar-refractivity contribution is 0.0947. The fourth-order valence-electron chi connectivity index (χ4n) is 1.82. The molecule has 106 valence electrons. The van der Waals surface area contributed by atoms with Crippen molar-refractivity contribution in [3.8, 4) is 0 Å². The predicted octanol–water partition coefficient (Wildman–Crippen LogP) is 0.569. The molecule has 0 atom stereocenters. The Kier molecular flexibility index (Phi) is 3.36. The van der Waals surface area contributed by atoms with Crippen LogP contribution in [0, 0.1) is 0 Å². The van der Waals surface area contributed by atoms with Gasteiger partial charge in [0.05, 0.1) is 10.2 Å². The van der Waals surface area contributed by atoms with Crippen molar-refractivity contribution in [2.75, 3.05) is 0 Å². The topological polar surface area (TPSA) is 92.1 Å². The number of nitrogens with one attached hydrogen (secondary N) is 2. The summed E-state index contributed by atoms with van der Waals surface area (Å²) in [6, 6.07) is 10.4. The first-order valence-corrected chi connectivity index (χ1v) is 6.91. The Balaban J connectivity index is 1.91. The first kappa shape index (κ1) is 13.3. The molecule has 2 aromatic heterocycles. The number of hydrogen-bond donors (Lipinski definition) is 2. The molecule has 0 aliphatic rings. The van der Waals surface area contributed by atoms with E-state index >= 15 is 0 Å². The van der Waals surface area contributed by atoms with Gasteiger partial charge in [-0.1, -0.05) is 23.5 Å². The summed E-state index contributed by atoms with van der Waals surface area (Å²) < 4.78 is 2.97. The molecule has 1 amide bonds. The van der Waals surface area contributed by atoms with Crippen molar-refractivity contribution in [2.45, 2.75) is 0 Å². The van der Waals surface area contributed by atoms with Crippen LogP contribution in [0.5, 0.6) is 0 Å². The Hall–Kier alpha value is -2.74. The maximum absolute atomic E-state index is 11.9. The highest BCUT2D eigenvalue weighted by Crippen LogP contribution is 2.14. The fourth-order valence-corrected chi connectivity index (χ4v) is 2.79. The van der Waals surface area contributed by atoms with E-state index < -0.39 is 5.91 Å². The standard InChI is InChI=1S/C13H11N5O2S/c1-18-9-4-2-3-5-10(9)21-13(18)17-16-12(20)8-6-7-11(19)15-14-8/h2-7H,1H3,(H,15,19)(H,16,20)/b17-13-. The molecule has 0 radical (unpaired) electrons. The lowest BCUT2D eigenvalue weighted by Crippen LogP contribution is -2.25. The molecule has 3 rings (SSSR count). The number of hydrogen-bond acceptors (Lipinski definition) is 5. The van der Waals surface area contributed by atoms with Gasteiger partial charge in [-0.15, -0.1) is 5.10 Å². The molecule has 7 nitrogen and oxygen atoms in total. The predicted molar refractivity (Wildman–Crippen MR) is 78.7 cm³/mol. The Morgan fingerprint density at radius 2 is 2.14 bits per heavy atom. The molecule has 0 fully saturated rings. The van der Waals surface area contributed by atoms with Crippen molar-refractivity contribution in [2.24, 2.45) is 12.1 Å². The summed E-state index contributed by atoms with van der Waals surface area (Å²) in [5.41, 5.74) is 3.20. The third-order valence-corrected chi connectivity index (χ3v) is 3.99. The van der Waals surface area contributed by atoms with Gasteiger partial charge in [0, 0.05) is 13.1 Å². The van der Waals surface area contributed by atoms with Crippen LogP contribution in [-0.4, -0.2) is 20.7 Å². The molecule has 0 aliphatic carbocycles. The second-order valence-electron chi connectivity index (χ2n) is 4.27. The summed E-state index contributed by atoms with van der Waals surface area (Å²) in [6.07, 6.45) is 0. The minimum Gasteiger partial charge on any atom is -0.318 e. The zero-order valence-electron chi connectivity index (χ0n) is 11.0. The SMILES string of the molecule is Cn1/c(=N/NC(=O)c2ccc(=O)[nH]n2)sc2ccccc21. The number of aryl methyl sites for hydroxylation is 1. The number of nitrogens with zero attached hydrogens (tertiary/aromatic N) is 3. The largest absolute Gasteiger partial charge is 0.318 e. The lowest BCUT2D eigenvalue weighted by Gasteiger charge is -1.97. The molecule has 1 aromatic carbocycles. The molecule has 2 N–H and O–H groups in total. The number of thiazole rings is 1. The van der Waals surface area contributed by atoms with Gasteiger partial charge in [-0.05, 0) is 18.2 Å². The number of aromatic nitrogens is 3. The molecule has 0 spiro atoms. The van der Waals surface area contributed by atoms with Crippen LogP contribution in [0.25, 0.3) is 10.2 Å². The summed E-state index contributed by atoms with van der Waals surface area (Å²) in [5, 5.41) is 9.94. The van der Waals surface area contributed by atoms with Crippen LogP contribution in [-0.2, 0) is 7.05 Å². The zero-order chi connectivity index (χ0) is 14.8. The van der Waals surface area contributed by atoms with Crippen LogP contribution < -0.4 is 15.8 Å². The van der Waals surface area contributed by atoms with Crippen LogP contribution in [0.3, 0.4) is 0 Å². The molecule has 0 saturated carbocycles. The number of carbonyl (C=O) groups is 1. The average Bonchev–Trinajstić information content (AvgIpc) is 2.82. The van der Waals surface area contributed by atoms with Gasteiger partial charge in [-0.3, -0.25) is 9.59 Å². The van der Waals surface area contributed by atoms with Crippen molar-refractivity contribution in [1.82, 2.24) is 20.2 Å². The molecule has 0 aliphatic heterocycles. The van der Waals surface area contributed by atoms with E-state index in [9.17, 15) is 9.59 Å². The van der Waals surface area contributed by atoms with E-state index in [4.69, 9.17) is 0 Å². The molecule has 0 saturated heterocycles. The Morgan fingerprint density at radius 1 is 1.33 bits per heavy atom. The maximum Gasteiger partial charge on any atom is 0.291 e. The highest BCUT2D eigenvalue weighted by Gasteiger charge is 2.07. The number of rotatable bonds is 2. The minimum absolute atomic E-state index is 0.0992. The van der Waals surface area contributed by atoms with Gasteiger partial charge in [0.1, 0.15) is 0 Å². The number of benzene rings is 1. The average molecular weight is 301 g/mol. The number of para-hydroxylation sites is 1. The van der Waals surface area contributed by atoms with Gasteiger partial charge >= 0.3 is 0 Å². The summed E-state index contributed by atoms with van der Waals surface area (Å²) in [6.45, 7) is 0. The lowest BCUT2D eigenvalue weighted by atomic mass is 10.3. The first-order valence-electron chi connectivity index (χ1n) is 6.09. The quantitative estimate of drug-likeness (QED) is 0.678. The van der Waals surface area contributed by atoms with E-state index in [1.807, 2.05) is 35.9 Å². The monoisotopic (exact) mass is 301 g/mol. The van der Waals surface area contributed by atoms with Crippen LogP contribution in [0.15, 0.2) is 46.3 Å². The fraction of sp³-hybridized carbons (Fsp3) is 0.0769. The van der Waals surface area contributed by atoms with E-state index in [2.05, 4.69) is 20.7 Å². The molecule has 3 aromatic rings. The summed E-state index contributed by atoms with van der Waals surface area (Å²) in [5.74, 6) is -0.483. The van der Waals surface area contributed by atoms with Crippen LogP contribution in [0.4, 0.5) is 0 Å². The second kappa shape index (κ2) is 5.33. The molecule has 0 unspecified atom stereocenters. The van der Waals surface area contributed by atoms with Crippen LogP contribution in [0.2, 0.25) is 0 Å². The second-order valence-corrected chi connectivity index (χ2v) is 5.28.